The fourth-order valence-corrected chi connectivity index (χ4v) is 1.95. The molecule has 0 radical (unpaired) electrons. The number of aromatic carboxylic acids is 2. The minimum atomic E-state index is -1.05. The summed E-state index contributed by atoms with van der Waals surface area (Å²) in [5.74, 6) is -2.09. The normalized spacial score (nSPS) is 10.0. The zero-order chi connectivity index (χ0) is 13.2. The Balaban J connectivity index is 3.62. The molecule has 0 saturated carbocycles. The van der Waals surface area contributed by atoms with E-state index in [4.69, 9.17) is 10.2 Å². The van der Waals surface area contributed by atoms with Crippen LogP contribution in [0.1, 0.15) is 37.4 Å². The van der Waals surface area contributed by atoms with Crippen molar-refractivity contribution >= 4 is 11.9 Å². The van der Waals surface area contributed by atoms with Crippen molar-refractivity contribution in [1.29, 1.82) is 0 Å². The van der Waals surface area contributed by atoms with Gasteiger partial charge in [0, 0.05) is 0 Å². The standard InChI is InChI=1S/C13H14O4/c1-4-5-9-8(3)11(13(16)17)7(2)6-10(9)12(14)15/h4,6H,1,5H2,2-3H3,(H,14,15)(H,16,17). The predicted octanol–water partition coefficient (Wildman–Crippen LogP) is 2.43. The highest BCUT2D eigenvalue weighted by atomic mass is 16.4. The van der Waals surface area contributed by atoms with Crippen LogP contribution in [0.3, 0.4) is 0 Å². The van der Waals surface area contributed by atoms with Crippen LogP contribution in [0.4, 0.5) is 0 Å². The van der Waals surface area contributed by atoms with Gasteiger partial charge in [-0.1, -0.05) is 6.08 Å². The van der Waals surface area contributed by atoms with Crippen molar-refractivity contribution in [1.82, 2.24) is 0 Å². The van der Waals surface area contributed by atoms with Crippen LogP contribution in [0.5, 0.6) is 0 Å². The van der Waals surface area contributed by atoms with Crippen molar-refractivity contribution < 1.29 is 19.8 Å². The van der Waals surface area contributed by atoms with Crippen LogP contribution in [0.2, 0.25) is 0 Å². The molecule has 0 atom stereocenters. The highest BCUT2D eigenvalue weighted by molar-refractivity contribution is 5.96. The van der Waals surface area contributed by atoms with E-state index in [1.54, 1.807) is 19.9 Å². The van der Waals surface area contributed by atoms with Crippen LogP contribution >= 0.6 is 0 Å². The lowest BCUT2D eigenvalue weighted by atomic mass is 9.91. The fourth-order valence-electron chi connectivity index (χ4n) is 1.95. The van der Waals surface area contributed by atoms with Crippen molar-refractivity contribution in [2.24, 2.45) is 0 Å². The highest BCUT2D eigenvalue weighted by Gasteiger charge is 2.20. The largest absolute Gasteiger partial charge is 0.478 e. The van der Waals surface area contributed by atoms with Gasteiger partial charge in [-0.15, -0.1) is 6.58 Å². The van der Waals surface area contributed by atoms with Crippen molar-refractivity contribution in [3.8, 4) is 0 Å². The molecule has 4 nitrogen and oxygen atoms in total. The smallest absolute Gasteiger partial charge is 0.336 e. The van der Waals surface area contributed by atoms with Gasteiger partial charge >= 0.3 is 11.9 Å². The molecular weight excluding hydrogens is 220 g/mol. The predicted molar refractivity (Wildman–Crippen MR) is 63.7 cm³/mol. The van der Waals surface area contributed by atoms with Crippen LogP contribution in [0, 0.1) is 13.8 Å². The Labute approximate surface area is 99.2 Å². The molecule has 1 aromatic rings. The number of carbonyl (C=O) groups is 2. The number of allylic oxidation sites excluding steroid dienone is 1. The molecule has 0 amide bonds. The first-order chi connectivity index (χ1) is 7.90. The summed E-state index contributed by atoms with van der Waals surface area (Å²) in [5, 5.41) is 18.2. The molecule has 0 aromatic heterocycles. The molecule has 1 rings (SSSR count). The van der Waals surface area contributed by atoms with E-state index in [9.17, 15) is 9.59 Å². The lowest BCUT2D eigenvalue weighted by Gasteiger charge is -2.13. The van der Waals surface area contributed by atoms with Crippen LogP contribution < -0.4 is 0 Å². The van der Waals surface area contributed by atoms with E-state index in [1.807, 2.05) is 0 Å². The Morgan fingerprint density at radius 3 is 2.29 bits per heavy atom. The first-order valence-corrected chi connectivity index (χ1v) is 5.10. The van der Waals surface area contributed by atoms with Gasteiger partial charge in [0.25, 0.3) is 0 Å². The molecule has 0 aliphatic rings. The van der Waals surface area contributed by atoms with Gasteiger partial charge in [0.1, 0.15) is 0 Å². The summed E-state index contributed by atoms with van der Waals surface area (Å²) in [5.41, 5.74) is 1.78. The number of rotatable bonds is 4. The Hall–Kier alpha value is -2.10. The summed E-state index contributed by atoms with van der Waals surface area (Å²) < 4.78 is 0. The zero-order valence-corrected chi connectivity index (χ0v) is 9.78. The van der Waals surface area contributed by atoms with Crippen molar-refractivity contribution in [2.45, 2.75) is 20.3 Å². The average molecular weight is 234 g/mol. The Morgan fingerprint density at radius 2 is 1.88 bits per heavy atom. The maximum Gasteiger partial charge on any atom is 0.336 e. The molecule has 1 aromatic carbocycles. The van der Waals surface area contributed by atoms with Gasteiger partial charge in [0.2, 0.25) is 0 Å². The monoisotopic (exact) mass is 234 g/mol. The molecule has 4 heteroatoms. The molecule has 0 bridgehead atoms. The van der Waals surface area contributed by atoms with Crippen LogP contribution in [-0.4, -0.2) is 22.2 Å². The number of benzene rings is 1. The summed E-state index contributed by atoms with van der Waals surface area (Å²) in [7, 11) is 0. The lowest BCUT2D eigenvalue weighted by molar-refractivity contribution is 0.0678. The summed E-state index contributed by atoms with van der Waals surface area (Å²) >= 11 is 0. The van der Waals surface area contributed by atoms with E-state index in [1.165, 1.54) is 6.07 Å². The van der Waals surface area contributed by atoms with Crippen molar-refractivity contribution in [3.63, 3.8) is 0 Å². The number of aryl methyl sites for hydroxylation is 1. The molecule has 17 heavy (non-hydrogen) atoms. The Morgan fingerprint density at radius 1 is 1.29 bits per heavy atom. The Kier molecular flexibility index (Phi) is 3.68. The second-order valence-electron chi connectivity index (χ2n) is 3.82. The van der Waals surface area contributed by atoms with Crippen LogP contribution in [0.25, 0.3) is 0 Å². The van der Waals surface area contributed by atoms with E-state index in [2.05, 4.69) is 6.58 Å². The summed E-state index contributed by atoms with van der Waals surface area (Å²) in [4.78, 5) is 22.2. The molecule has 0 aliphatic heterocycles. The summed E-state index contributed by atoms with van der Waals surface area (Å²) in [6.45, 7) is 6.78. The number of carboxylic acid groups (broad SMARTS) is 2. The summed E-state index contributed by atoms with van der Waals surface area (Å²) in [6.07, 6.45) is 1.91. The zero-order valence-electron chi connectivity index (χ0n) is 9.78. The van der Waals surface area contributed by atoms with E-state index < -0.39 is 11.9 Å². The van der Waals surface area contributed by atoms with Gasteiger partial charge < -0.3 is 10.2 Å². The quantitative estimate of drug-likeness (QED) is 0.784. The van der Waals surface area contributed by atoms with Gasteiger partial charge in [-0.05, 0) is 43.0 Å². The first-order valence-electron chi connectivity index (χ1n) is 5.10. The van der Waals surface area contributed by atoms with Crippen molar-refractivity contribution in [3.05, 3.63) is 46.5 Å². The van der Waals surface area contributed by atoms with Crippen molar-refractivity contribution in [2.75, 3.05) is 0 Å². The molecule has 0 heterocycles. The van der Waals surface area contributed by atoms with E-state index in [-0.39, 0.29) is 11.1 Å². The van der Waals surface area contributed by atoms with E-state index >= 15 is 0 Å². The second-order valence-corrected chi connectivity index (χ2v) is 3.82. The number of hydrogen-bond donors (Lipinski definition) is 2. The third kappa shape index (κ3) is 2.36. The third-order valence-electron chi connectivity index (χ3n) is 2.70. The first kappa shape index (κ1) is 13.0. The topological polar surface area (TPSA) is 74.6 Å². The highest BCUT2D eigenvalue weighted by Crippen LogP contribution is 2.23. The second kappa shape index (κ2) is 4.82. The fraction of sp³-hybridized carbons (Fsp3) is 0.231. The third-order valence-corrected chi connectivity index (χ3v) is 2.70. The Bertz CT molecular complexity index is 501. The van der Waals surface area contributed by atoms with Crippen LogP contribution in [-0.2, 0) is 6.42 Å². The molecule has 0 unspecified atom stereocenters. The lowest BCUT2D eigenvalue weighted by Crippen LogP contribution is -2.11. The summed E-state index contributed by atoms with van der Waals surface area (Å²) in [6, 6.07) is 1.40. The SMILES string of the molecule is C=CCc1c(C(=O)O)cc(C)c(C(=O)O)c1C. The van der Waals surface area contributed by atoms with Gasteiger partial charge in [-0.2, -0.15) is 0 Å². The minimum Gasteiger partial charge on any atom is -0.478 e. The molecule has 90 valence electrons. The molecule has 0 fully saturated rings. The van der Waals surface area contributed by atoms with Gasteiger partial charge in [-0.3, -0.25) is 0 Å². The maximum atomic E-state index is 11.1. The van der Waals surface area contributed by atoms with Gasteiger partial charge in [0.15, 0.2) is 0 Å². The van der Waals surface area contributed by atoms with Gasteiger partial charge in [-0.25, -0.2) is 9.59 Å². The number of carboxylic acids is 2. The molecular formula is C13H14O4. The molecule has 2 N–H and O–H groups in total. The van der Waals surface area contributed by atoms with E-state index in [0.717, 1.165) is 0 Å². The maximum absolute atomic E-state index is 11.1. The van der Waals surface area contributed by atoms with Crippen LogP contribution in [0.15, 0.2) is 18.7 Å². The average Bonchev–Trinajstić information content (AvgIpc) is 2.21. The minimum absolute atomic E-state index is 0.143. The molecule has 0 spiro atoms. The molecule has 0 saturated heterocycles. The molecule has 0 aliphatic carbocycles. The van der Waals surface area contributed by atoms with Gasteiger partial charge in [0.05, 0.1) is 11.1 Å². The van der Waals surface area contributed by atoms with E-state index in [0.29, 0.717) is 23.1 Å². The number of hydrogen-bond acceptors (Lipinski definition) is 2.